The van der Waals surface area contributed by atoms with Crippen molar-refractivity contribution in [3.05, 3.63) is 88.5 Å². The van der Waals surface area contributed by atoms with Crippen LogP contribution in [0.4, 0.5) is 4.39 Å². The molecule has 0 unspecified atom stereocenters. The van der Waals surface area contributed by atoms with Gasteiger partial charge in [-0.1, -0.05) is 12.1 Å². The monoisotopic (exact) mass is 349 g/mol. The van der Waals surface area contributed by atoms with Gasteiger partial charge in [0.2, 0.25) is 0 Å². The average molecular weight is 349 g/mol. The van der Waals surface area contributed by atoms with Gasteiger partial charge in [0.15, 0.2) is 11.6 Å². The van der Waals surface area contributed by atoms with Gasteiger partial charge in [-0.3, -0.25) is 4.79 Å². The van der Waals surface area contributed by atoms with E-state index < -0.39 is 5.82 Å². The summed E-state index contributed by atoms with van der Waals surface area (Å²) in [6, 6.07) is 14.5. The molecule has 4 aromatic rings. The van der Waals surface area contributed by atoms with E-state index in [1.54, 1.807) is 0 Å². The Bertz CT molecular complexity index is 1120. The molecule has 130 valence electrons. The van der Waals surface area contributed by atoms with Crippen LogP contribution in [0.3, 0.4) is 0 Å². The van der Waals surface area contributed by atoms with Crippen molar-refractivity contribution in [2.24, 2.45) is 0 Å². The Hall–Kier alpha value is -3.41. The largest absolute Gasteiger partial charge is 0.494 e. The number of ether oxygens (including phenoxy) is 1. The highest BCUT2D eigenvalue weighted by Crippen LogP contribution is 2.21. The van der Waals surface area contributed by atoms with Crippen LogP contribution in [0.2, 0.25) is 0 Å². The fourth-order valence-corrected chi connectivity index (χ4v) is 2.91. The lowest BCUT2D eigenvalue weighted by atomic mass is 10.1. The molecule has 0 spiro atoms. The van der Waals surface area contributed by atoms with E-state index in [0.29, 0.717) is 17.8 Å². The highest BCUT2D eigenvalue weighted by molar-refractivity contribution is 5.79. The third-order valence-corrected chi connectivity index (χ3v) is 4.24. The number of benzene rings is 2. The van der Waals surface area contributed by atoms with Crippen molar-refractivity contribution >= 4 is 10.9 Å². The van der Waals surface area contributed by atoms with E-state index in [1.807, 2.05) is 53.4 Å². The lowest BCUT2D eigenvalue weighted by molar-refractivity contribution is 0.387. The molecule has 0 bridgehead atoms. The van der Waals surface area contributed by atoms with Crippen LogP contribution in [-0.4, -0.2) is 21.6 Å². The summed E-state index contributed by atoms with van der Waals surface area (Å²) in [5, 5.41) is 0.204. The number of rotatable bonds is 4. The fraction of sp³-hybridized carbons (Fsp3) is 0.100. The lowest BCUT2D eigenvalue weighted by Crippen LogP contribution is -2.12. The third-order valence-electron chi connectivity index (χ3n) is 4.24. The molecule has 26 heavy (non-hydrogen) atoms. The summed E-state index contributed by atoms with van der Waals surface area (Å²) >= 11 is 0. The van der Waals surface area contributed by atoms with Crippen LogP contribution < -0.4 is 10.3 Å². The highest BCUT2D eigenvalue weighted by atomic mass is 19.1. The number of hydrogen-bond acceptors (Lipinski definition) is 3. The number of nitrogens with zero attached hydrogens (tertiary/aromatic N) is 2. The molecule has 0 fully saturated rings. The van der Waals surface area contributed by atoms with Crippen LogP contribution in [0, 0.1) is 5.82 Å². The number of hydrogen-bond donors (Lipinski definition) is 1. The molecule has 0 aliphatic rings. The predicted molar refractivity (Wildman–Crippen MR) is 97.4 cm³/mol. The minimum absolute atomic E-state index is 0.0672. The van der Waals surface area contributed by atoms with Crippen LogP contribution in [0.15, 0.2) is 65.7 Å². The van der Waals surface area contributed by atoms with Gasteiger partial charge >= 0.3 is 0 Å². The molecule has 6 heteroatoms. The molecule has 0 saturated heterocycles. The van der Waals surface area contributed by atoms with Crippen molar-refractivity contribution in [2.45, 2.75) is 6.42 Å². The van der Waals surface area contributed by atoms with Crippen molar-refractivity contribution in [1.29, 1.82) is 0 Å². The molecule has 0 aliphatic carbocycles. The number of nitrogens with one attached hydrogen (secondary N) is 1. The second-order valence-corrected chi connectivity index (χ2v) is 5.95. The quantitative estimate of drug-likeness (QED) is 0.614. The van der Waals surface area contributed by atoms with Crippen molar-refractivity contribution in [1.82, 2.24) is 14.5 Å². The first-order chi connectivity index (χ1) is 12.6. The average Bonchev–Trinajstić information content (AvgIpc) is 3.17. The van der Waals surface area contributed by atoms with Crippen molar-refractivity contribution < 1.29 is 9.13 Å². The van der Waals surface area contributed by atoms with Crippen LogP contribution in [0.25, 0.3) is 16.6 Å². The Balaban J connectivity index is 1.66. The normalized spacial score (nSPS) is 11.0. The zero-order valence-corrected chi connectivity index (χ0v) is 14.1. The maximum Gasteiger partial charge on any atom is 0.258 e. The van der Waals surface area contributed by atoms with E-state index in [4.69, 9.17) is 4.74 Å². The van der Waals surface area contributed by atoms with Gasteiger partial charge < -0.3 is 14.3 Å². The highest BCUT2D eigenvalue weighted by Gasteiger charge is 2.10. The lowest BCUT2D eigenvalue weighted by Gasteiger charge is -2.07. The number of aromatic nitrogens is 3. The second kappa shape index (κ2) is 6.48. The molecule has 0 amide bonds. The van der Waals surface area contributed by atoms with Crippen molar-refractivity contribution in [2.75, 3.05) is 7.11 Å². The minimum atomic E-state index is -0.583. The van der Waals surface area contributed by atoms with E-state index in [-0.39, 0.29) is 16.7 Å². The Labute approximate surface area is 148 Å². The number of methoxy groups -OCH3 is 1. The van der Waals surface area contributed by atoms with Crippen molar-refractivity contribution in [3.8, 4) is 11.4 Å². The van der Waals surface area contributed by atoms with Gasteiger partial charge in [0.05, 0.1) is 18.0 Å². The Morgan fingerprint density at radius 1 is 1.15 bits per heavy atom. The summed E-state index contributed by atoms with van der Waals surface area (Å²) in [4.78, 5) is 19.4. The molecular formula is C20H16FN3O2. The van der Waals surface area contributed by atoms with Crippen LogP contribution in [0.1, 0.15) is 11.4 Å². The smallest absolute Gasteiger partial charge is 0.258 e. The van der Waals surface area contributed by atoms with Crippen LogP contribution in [-0.2, 0) is 6.42 Å². The SMILES string of the molecule is COc1cc2nc(Cc3ccc(-n4cccc4)cc3)[nH]c(=O)c2cc1F. The number of H-pyrrole nitrogens is 1. The van der Waals surface area contributed by atoms with Gasteiger partial charge in [-0.2, -0.15) is 0 Å². The Morgan fingerprint density at radius 3 is 2.58 bits per heavy atom. The zero-order valence-electron chi connectivity index (χ0n) is 14.1. The number of fused-ring (bicyclic) bond motifs is 1. The van der Waals surface area contributed by atoms with E-state index in [0.717, 1.165) is 17.3 Å². The van der Waals surface area contributed by atoms with E-state index in [9.17, 15) is 9.18 Å². The summed E-state index contributed by atoms with van der Waals surface area (Å²) < 4.78 is 20.8. The van der Waals surface area contributed by atoms with Gasteiger partial charge in [0, 0.05) is 30.6 Å². The Kier molecular flexibility index (Phi) is 4.01. The molecule has 2 heterocycles. The van der Waals surface area contributed by atoms with E-state index >= 15 is 0 Å². The summed E-state index contributed by atoms with van der Waals surface area (Å²) in [7, 11) is 1.38. The predicted octanol–water partition coefficient (Wildman–Crippen LogP) is 3.45. The van der Waals surface area contributed by atoms with Gasteiger partial charge in [-0.25, -0.2) is 9.37 Å². The maximum absolute atomic E-state index is 13.8. The molecular weight excluding hydrogens is 333 g/mol. The summed E-state index contributed by atoms with van der Waals surface area (Å²) in [5.74, 6) is 0.00292. The first-order valence-corrected chi connectivity index (χ1v) is 8.13. The summed E-state index contributed by atoms with van der Waals surface area (Å²) in [5.41, 5.74) is 2.11. The molecule has 0 saturated carbocycles. The van der Waals surface area contributed by atoms with Gasteiger partial charge in [-0.15, -0.1) is 0 Å². The topological polar surface area (TPSA) is 59.9 Å². The van der Waals surface area contributed by atoms with E-state index in [2.05, 4.69) is 9.97 Å². The molecule has 0 aliphatic heterocycles. The van der Waals surface area contributed by atoms with E-state index in [1.165, 1.54) is 13.2 Å². The zero-order chi connectivity index (χ0) is 18.1. The van der Waals surface area contributed by atoms with Gasteiger partial charge in [-0.05, 0) is 35.9 Å². The first kappa shape index (κ1) is 16.1. The Morgan fingerprint density at radius 2 is 1.88 bits per heavy atom. The standard InChI is InChI=1S/C20H16FN3O2/c1-26-18-12-17-15(11-16(18)21)20(25)23-19(22-17)10-13-4-6-14(7-5-13)24-8-2-3-9-24/h2-9,11-12H,10H2,1H3,(H,22,23,25). The molecule has 5 nitrogen and oxygen atoms in total. The molecule has 2 aromatic heterocycles. The molecule has 2 aromatic carbocycles. The van der Waals surface area contributed by atoms with Gasteiger partial charge in [0.25, 0.3) is 5.56 Å². The summed E-state index contributed by atoms with van der Waals surface area (Å²) in [6.45, 7) is 0. The fourth-order valence-electron chi connectivity index (χ4n) is 2.91. The van der Waals surface area contributed by atoms with Crippen LogP contribution >= 0.6 is 0 Å². The number of aromatic amines is 1. The minimum Gasteiger partial charge on any atom is -0.494 e. The first-order valence-electron chi connectivity index (χ1n) is 8.13. The maximum atomic E-state index is 13.8. The van der Waals surface area contributed by atoms with Gasteiger partial charge in [0.1, 0.15) is 5.82 Å². The molecule has 4 rings (SSSR count). The third kappa shape index (κ3) is 2.97. The molecule has 1 N–H and O–H groups in total. The van der Waals surface area contributed by atoms with Crippen LogP contribution in [0.5, 0.6) is 5.75 Å². The van der Waals surface area contributed by atoms with Crippen molar-refractivity contribution in [3.63, 3.8) is 0 Å². The summed E-state index contributed by atoms with van der Waals surface area (Å²) in [6.07, 6.45) is 4.42. The second-order valence-electron chi connectivity index (χ2n) is 5.95. The molecule has 0 radical (unpaired) electrons. The number of halogens is 1. The molecule has 0 atom stereocenters.